The zero-order valence-electron chi connectivity index (χ0n) is 13.3. The van der Waals surface area contributed by atoms with Crippen molar-refractivity contribution in [3.63, 3.8) is 0 Å². The Labute approximate surface area is 132 Å². The molecule has 2 fully saturated rings. The predicted octanol–water partition coefficient (Wildman–Crippen LogP) is 3.02. The van der Waals surface area contributed by atoms with Crippen LogP contribution >= 0.6 is 0 Å². The fourth-order valence-electron chi connectivity index (χ4n) is 3.91. The summed E-state index contributed by atoms with van der Waals surface area (Å²) in [4.78, 5) is 14.5. The average Bonchev–Trinajstić information content (AvgIpc) is 2.84. The van der Waals surface area contributed by atoms with Crippen LogP contribution in [0.1, 0.15) is 57.1 Å². The molecule has 4 heteroatoms. The molecule has 0 spiro atoms. The summed E-state index contributed by atoms with van der Waals surface area (Å²) < 4.78 is 5.50. The summed E-state index contributed by atoms with van der Waals surface area (Å²) in [5, 5.41) is 0. The highest BCUT2D eigenvalue weighted by Gasteiger charge is 2.42. The first-order chi connectivity index (χ1) is 10.7. The minimum absolute atomic E-state index is 0.0197. The number of likely N-dealkylation sites (tertiary alicyclic amines) is 1. The van der Waals surface area contributed by atoms with E-state index in [1.807, 2.05) is 19.1 Å². The number of ether oxygens (including phenoxy) is 1. The number of carbonyl (C=O) groups excluding carboxylic acids is 1. The normalized spacial score (nSPS) is 26.5. The van der Waals surface area contributed by atoms with Crippen molar-refractivity contribution in [2.45, 2.75) is 63.6 Å². The maximum atomic E-state index is 12.5. The van der Waals surface area contributed by atoms with Gasteiger partial charge in [0, 0.05) is 18.5 Å². The number of hydrogen-bond acceptors (Lipinski definition) is 3. The van der Waals surface area contributed by atoms with Crippen molar-refractivity contribution in [2.24, 2.45) is 5.73 Å². The molecule has 4 nitrogen and oxygen atoms in total. The van der Waals surface area contributed by atoms with E-state index in [4.69, 9.17) is 10.5 Å². The summed E-state index contributed by atoms with van der Waals surface area (Å²) in [6.07, 6.45) is 6.43. The Morgan fingerprint density at radius 1 is 1.18 bits per heavy atom. The Bertz CT molecular complexity index is 508. The highest BCUT2D eigenvalue weighted by molar-refractivity contribution is 5.80. The Hall–Kier alpha value is -1.55. The van der Waals surface area contributed by atoms with Crippen LogP contribution < -0.4 is 10.5 Å². The number of benzene rings is 1. The van der Waals surface area contributed by atoms with Crippen molar-refractivity contribution in [3.8, 4) is 5.75 Å². The second kappa shape index (κ2) is 6.69. The van der Waals surface area contributed by atoms with Gasteiger partial charge in [0.1, 0.15) is 5.75 Å². The number of amides is 1. The van der Waals surface area contributed by atoms with Gasteiger partial charge in [-0.3, -0.25) is 4.79 Å². The van der Waals surface area contributed by atoms with Gasteiger partial charge in [-0.25, -0.2) is 0 Å². The Morgan fingerprint density at radius 3 is 2.50 bits per heavy atom. The standard InChI is InChI=1S/C18H26N2O2/c1-2-22-15-10-8-13(9-11-15)18-16(19)12-17(21)20(18)14-6-4-3-5-7-14/h8-11,14,16,18H,2-7,12,19H2,1H3. The van der Waals surface area contributed by atoms with E-state index in [2.05, 4.69) is 17.0 Å². The van der Waals surface area contributed by atoms with E-state index in [0.717, 1.165) is 24.2 Å². The highest BCUT2D eigenvalue weighted by atomic mass is 16.5. The molecular formula is C18H26N2O2. The van der Waals surface area contributed by atoms with Gasteiger partial charge in [-0.05, 0) is 37.5 Å². The largest absolute Gasteiger partial charge is 0.494 e. The van der Waals surface area contributed by atoms with Crippen LogP contribution in [0, 0.1) is 0 Å². The summed E-state index contributed by atoms with van der Waals surface area (Å²) >= 11 is 0. The number of rotatable bonds is 4. The zero-order chi connectivity index (χ0) is 15.5. The smallest absolute Gasteiger partial charge is 0.225 e. The SMILES string of the molecule is CCOc1ccc(C2C(N)CC(=O)N2C2CCCCC2)cc1. The number of hydrogen-bond donors (Lipinski definition) is 1. The van der Waals surface area contributed by atoms with E-state index in [1.54, 1.807) is 0 Å². The van der Waals surface area contributed by atoms with Gasteiger partial charge < -0.3 is 15.4 Å². The second-order valence-electron chi connectivity index (χ2n) is 6.41. The van der Waals surface area contributed by atoms with E-state index >= 15 is 0 Å². The molecule has 2 unspecified atom stereocenters. The molecule has 1 aromatic carbocycles. The molecule has 3 rings (SSSR count). The van der Waals surface area contributed by atoms with Gasteiger partial charge in [0.2, 0.25) is 5.91 Å². The Kier molecular flexibility index (Phi) is 4.67. The first kappa shape index (κ1) is 15.3. The maximum Gasteiger partial charge on any atom is 0.225 e. The highest BCUT2D eigenvalue weighted by Crippen LogP contribution is 2.38. The molecule has 1 aliphatic carbocycles. The van der Waals surface area contributed by atoms with E-state index in [0.29, 0.717) is 19.1 Å². The molecule has 120 valence electrons. The third-order valence-electron chi connectivity index (χ3n) is 4.90. The molecule has 1 amide bonds. The summed E-state index contributed by atoms with van der Waals surface area (Å²) in [7, 11) is 0. The molecule has 0 radical (unpaired) electrons. The van der Waals surface area contributed by atoms with E-state index < -0.39 is 0 Å². The molecule has 2 atom stereocenters. The minimum Gasteiger partial charge on any atom is -0.494 e. The van der Waals surface area contributed by atoms with Gasteiger partial charge in [0.15, 0.2) is 0 Å². The fraction of sp³-hybridized carbons (Fsp3) is 0.611. The molecule has 1 saturated heterocycles. The van der Waals surface area contributed by atoms with Gasteiger partial charge in [-0.15, -0.1) is 0 Å². The van der Waals surface area contributed by atoms with Crippen molar-refractivity contribution in [3.05, 3.63) is 29.8 Å². The van der Waals surface area contributed by atoms with Crippen molar-refractivity contribution < 1.29 is 9.53 Å². The summed E-state index contributed by atoms with van der Waals surface area (Å²) in [6.45, 7) is 2.64. The Balaban J connectivity index is 1.83. The molecule has 0 aromatic heterocycles. The van der Waals surface area contributed by atoms with Crippen LogP contribution in [0.15, 0.2) is 24.3 Å². The molecule has 1 heterocycles. The van der Waals surface area contributed by atoms with Crippen LogP contribution in [-0.4, -0.2) is 29.5 Å². The van der Waals surface area contributed by atoms with Gasteiger partial charge in [0.05, 0.1) is 12.6 Å². The minimum atomic E-state index is -0.104. The molecule has 2 aliphatic rings. The van der Waals surface area contributed by atoms with Crippen LogP contribution in [0.4, 0.5) is 0 Å². The van der Waals surface area contributed by atoms with Crippen LogP contribution in [0.25, 0.3) is 0 Å². The van der Waals surface area contributed by atoms with Crippen LogP contribution in [0.3, 0.4) is 0 Å². The number of nitrogens with zero attached hydrogens (tertiary/aromatic N) is 1. The summed E-state index contributed by atoms with van der Waals surface area (Å²) in [5.41, 5.74) is 7.43. The van der Waals surface area contributed by atoms with Crippen molar-refractivity contribution in [2.75, 3.05) is 6.61 Å². The lowest BCUT2D eigenvalue weighted by molar-refractivity contribution is -0.132. The predicted molar refractivity (Wildman–Crippen MR) is 86.7 cm³/mol. The number of carbonyl (C=O) groups is 1. The molecular weight excluding hydrogens is 276 g/mol. The molecule has 1 aliphatic heterocycles. The van der Waals surface area contributed by atoms with E-state index in [1.165, 1.54) is 19.3 Å². The monoisotopic (exact) mass is 302 g/mol. The van der Waals surface area contributed by atoms with Crippen molar-refractivity contribution in [1.82, 2.24) is 4.90 Å². The molecule has 22 heavy (non-hydrogen) atoms. The third kappa shape index (κ3) is 2.98. The van der Waals surface area contributed by atoms with Gasteiger partial charge in [-0.2, -0.15) is 0 Å². The zero-order valence-corrected chi connectivity index (χ0v) is 13.3. The van der Waals surface area contributed by atoms with Gasteiger partial charge in [-0.1, -0.05) is 31.4 Å². The summed E-state index contributed by atoms with van der Waals surface area (Å²) in [6, 6.07) is 8.36. The van der Waals surface area contributed by atoms with Crippen LogP contribution in [0.2, 0.25) is 0 Å². The number of nitrogens with two attached hydrogens (primary N) is 1. The molecule has 2 N–H and O–H groups in total. The van der Waals surface area contributed by atoms with E-state index in [9.17, 15) is 4.79 Å². The van der Waals surface area contributed by atoms with E-state index in [-0.39, 0.29) is 18.0 Å². The maximum absolute atomic E-state index is 12.5. The molecule has 1 aromatic rings. The van der Waals surface area contributed by atoms with Gasteiger partial charge >= 0.3 is 0 Å². The quantitative estimate of drug-likeness (QED) is 0.930. The van der Waals surface area contributed by atoms with Gasteiger partial charge in [0.25, 0.3) is 0 Å². The first-order valence-corrected chi connectivity index (χ1v) is 8.50. The van der Waals surface area contributed by atoms with Crippen molar-refractivity contribution >= 4 is 5.91 Å². The van der Waals surface area contributed by atoms with Crippen LogP contribution in [-0.2, 0) is 4.79 Å². The third-order valence-corrected chi connectivity index (χ3v) is 4.90. The fourth-order valence-corrected chi connectivity index (χ4v) is 3.91. The lowest BCUT2D eigenvalue weighted by Gasteiger charge is -2.37. The lowest BCUT2D eigenvalue weighted by atomic mass is 9.92. The average molecular weight is 302 g/mol. The molecule has 1 saturated carbocycles. The first-order valence-electron chi connectivity index (χ1n) is 8.50. The second-order valence-corrected chi connectivity index (χ2v) is 6.41. The van der Waals surface area contributed by atoms with Crippen LogP contribution in [0.5, 0.6) is 5.75 Å². The molecule has 0 bridgehead atoms. The topological polar surface area (TPSA) is 55.6 Å². The lowest BCUT2D eigenvalue weighted by Crippen LogP contribution is -2.41. The van der Waals surface area contributed by atoms with Crippen molar-refractivity contribution in [1.29, 1.82) is 0 Å². The summed E-state index contributed by atoms with van der Waals surface area (Å²) in [5.74, 6) is 1.09. The Morgan fingerprint density at radius 2 is 1.86 bits per heavy atom.